The number of likely N-dealkylation sites (tertiary alicyclic amines) is 1. The number of benzene rings is 1. The highest BCUT2D eigenvalue weighted by Crippen LogP contribution is 2.28. The van der Waals surface area contributed by atoms with Gasteiger partial charge in [-0.2, -0.15) is 5.10 Å². The largest absolute Gasteiger partial charge is 0.301 e. The Kier molecular flexibility index (Phi) is 4.44. The van der Waals surface area contributed by atoms with Crippen LogP contribution in [-0.4, -0.2) is 44.3 Å². The maximum absolute atomic E-state index is 13.4. The van der Waals surface area contributed by atoms with Crippen molar-refractivity contribution in [2.45, 2.75) is 32.7 Å². The monoisotopic (exact) mass is 339 g/mol. The molecule has 1 aliphatic rings. The van der Waals surface area contributed by atoms with Gasteiger partial charge in [0.05, 0.1) is 23.8 Å². The molecule has 1 fully saturated rings. The summed E-state index contributed by atoms with van der Waals surface area (Å²) in [6, 6.07) is 4.78. The fourth-order valence-electron chi connectivity index (χ4n) is 3.58. The number of aryl methyl sites for hydroxylation is 1. The van der Waals surface area contributed by atoms with Crippen LogP contribution in [0.5, 0.6) is 0 Å². The SMILES string of the molecule is Cc1cc(F)ccc1-c1ncnc2c1cnn2CCN1CCCCC1. The third-order valence-electron chi connectivity index (χ3n) is 4.95. The van der Waals surface area contributed by atoms with E-state index in [0.29, 0.717) is 0 Å². The van der Waals surface area contributed by atoms with E-state index in [1.54, 1.807) is 12.4 Å². The van der Waals surface area contributed by atoms with Crippen molar-refractivity contribution in [3.63, 3.8) is 0 Å². The van der Waals surface area contributed by atoms with E-state index in [2.05, 4.69) is 20.0 Å². The zero-order valence-electron chi connectivity index (χ0n) is 14.5. The van der Waals surface area contributed by atoms with Crippen molar-refractivity contribution in [1.82, 2.24) is 24.6 Å². The molecule has 0 radical (unpaired) electrons. The first-order chi connectivity index (χ1) is 12.2. The Morgan fingerprint density at radius 2 is 1.92 bits per heavy atom. The van der Waals surface area contributed by atoms with E-state index >= 15 is 0 Å². The molecule has 0 amide bonds. The van der Waals surface area contributed by atoms with Crippen LogP contribution in [-0.2, 0) is 6.54 Å². The van der Waals surface area contributed by atoms with Gasteiger partial charge in [0.25, 0.3) is 0 Å². The summed E-state index contributed by atoms with van der Waals surface area (Å²) >= 11 is 0. The molecule has 25 heavy (non-hydrogen) atoms. The number of hydrogen-bond acceptors (Lipinski definition) is 4. The molecule has 0 saturated carbocycles. The molecule has 0 N–H and O–H groups in total. The lowest BCUT2D eigenvalue weighted by Gasteiger charge is -2.26. The lowest BCUT2D eigenvalue weighted by molar-refractivity contribution is 0.219. The first-order valence-corrected chi connectivity index (χ1v) is 8.88. The summed E-state index contributed by atoms with van der Waals surface area (Å²) in [6.07, 6.45) is 7.31. The van der Waals surface area contributed by atoms with Gasteiger partial charge in [-0.15, -0.1) is 0 Å². The van der Waals surface area contributed by atoms with E-state index < -0.39 is 0 Å². The van der Waals surface area contributed by atoms with Gasteiger partial charge in [0.1, 0.15) is 12.1 Å². The molecule has 130 valence electrons. The second-order valence-corrected chi connectivity index (χ2v) is 6.69. The molecule has 3 aromatic rings. The summed E-state index contributed by atoms with van der Waals surface area (Å²) in [5.74, 6) is -0.233. The van der Waals surface area contributed by atoms with E-state index in [0.717, 1.165) is 40.9 Å². The highest BCUT2D eigenvalue weighted by Gasteiger charge is 2.15. The number of rotatable bonds is 4. The molecule has 1 aromatic carbocycles. The zero-order chi connectivity index (χ0) is 17.2. The molecule has 5 nitrogen and oxygen atoms in total. The van der Waals surface area contributed by atoms with Crippen molar-refractivity contribution in [2.75, 3.05) is 19.6 Å². The Bertz CT molecular complexity index is 883. The number of nitrogens with zero attached hydrogens (tertiary/aromatic N) is 5. The molecule has 2 aromatic heterocycles. The van der Waals surface area contributed by atoms with Gasteiger partial charge in [0.15, 0.2) is 5.65 Å². The molecule has 0 atom stereocenters. The molecule has 6 heteroatoms. The molecule has 1 aliphatic heterocycles. The highest BCUT2D eigenvalue weighted by molar-refractivity contribution is 5.90. The zero-order valence-corrected chi connectivity index (χ0v) is 14.5. The molecule has 0 bridgehead atoms. The molecule has 1 saturated heterocycles. The van der Waals surface area contributed by atoms with Crippen molar-refractivity contribution in [1.29, 1.82) is 0 Å². The maximum atomic E-state index is 13.4. The Labute approximate surface area is 146 Å². The summed E-state index contributed by atoms with van der Waals surface area (Å²) in [4.78, 5) is 11.4. The molecule has 0 aliphatic carbocycles. The van der Waals surface area contributed by atoms with Crippen LogP contribution in [0.1, 0.15) is 24.8 Å². The summed E-state index contributed by atoms with van der Waals surface area (Å²) in [5, 5.41) is 5.44. The van der Waals surface area contributed by atoms with Gasteiger partial charge in [-0.05, 0) is 56.6 Å². The standard InChI is InChI=1S/C19H22FN5/c1-14-11-15(20)5-6-16(14)18-17-12-23-25(19(17)22-13-21-18)10-9-24-7-3-2-4-8-24/h5-6,11-13H,2-4,7-10H2,1H3. The Balaban J connectivity index is 1.63. The van der Waals surface area contributed by atoms with E-state index in [9.17, 15) is 4.39 Å². The summed E-state index contributed by atoms with van der Waals surface area (Å²) in [5.41, 5.74) is 3.43. The van der Waals surface area contributed by atoms with E-state index in [-0.39, 0.29) is 5.82 Å². The molecule has 3 heterocycles. The van der Waals surface area contributed by atoms with Crippen LogP contribution in [0, 0.1) is 12.7 Å². The molecule has 4 rings (SSSR count). The topological polar surface area (TPSA) is 46.8 Å². The third kappa shape index (κ3) is 3.26. The summed E-state index contributed by atoms with van der Waals surface area (Å²) in [7, 11) is 0. The van der Waals surface area contributed by atoms with Crippen molar-refractivity contribution in [3.05, 3.63) is 42.1 Å². The average molecular weight is 339 g/mol. The predicted molar refractivity (Wildman–Crippen MR) is 95.7 cm³/mol. The van der Waals surface area contributed by atoms with Gasteiger partial charge in [-0.1, -0.05) is 6.42 Å². The van der Waals surface area contributed by atoms with Crippen LogP contribution in [0.3, 0.4) is 0 Å². The Morgan fingerprint density at radius 3 is 2.72 bits per heavy atom. The van der Waals surface area contributed by atoms with Gasteiger partial charge in [0, 0.05) is 12.1 Å². The minimum absolute atomic E-state index is 0.233. The first-order valence-electron chi connectivity index (χ1n) is 8.88. The predicted octanol–water partition coefficient (Wildman–Crippen LogP) is 3.43. The normalized spacial score (nSPS) is 15.8. The van der Waals surface area contributed by atoms with Crippen LogP contribution in [0.25, 0.3) is 22.3 Å². The fourth-order valence-corrected chi connectivity index (χ4v) is 3.58. The smallest absolute Gasteiger partial charge is 0.161 e. The van der Waals surface area contributed by atoms with Crippen molar-refractivity contribution >= 4 is 11.0 Å². The van der Waals surface area contributed by atoms with Crippen molar-refractivity contribution in [2.24, 2.45) is 0 Å². The lowest BCUT2D eigenvalue weighted by Crippen LogP contribution is -2.32. The second-order valence-electron chi connectivity index (χ2n) is 6.69. The van der Waals surface area contributed by atoms with Crippen LogP contribution < -0.4 is 0 Å². The number of halogens is 1. The van der Waals surface area contributed by atoms with E-state index in [1.165, 1.54) is 44.5 Å². The van der Waals surface area contributed by atoms with Crippen molar-refractivity contribution < 1.29 is 4.39 Å². The van der Waals surface area contributed by atoms with Gasteiger partial charge in [0.2, 0.25) is 0 Å². The summed E-state index contributed by atoms with van der Waals surface area (Å²) < 4.78 is 15.4. The molecule has 0 unspecified atom stereocenters. The lowest BCUT2D eigenvalue weighted by atomic mass is 10.0. The third-order valence-corrected chi connectivity index (χ3v) is 4.95. The first kappa shape index (κ1) is 16.1. The number of fused-ring (bicyclic) bond motifs is 1. The van der Waals surface area contributed by atoms with E-state index in [1.807, 2.05) is 17.8 Å². The van der Waals surface area contributed by atoms with Gasteiger partial charge in [-0.3, -0.25) is 0 Å². The molecular formula is C19H22FN5. The Hall–Kier alpha value is -2.34. The quantitative estimate of drug-likeness (QED) is 0.731. The van der Waals surface area contributed by atoms with Gasteiger partial charge >= 0.3 is 0 Å². The number of aromatic nitrogens is 4. The van der Waals surface area contributed by atoms with Crippen LogP contribution in [0.15, 0.2) is 30.7 Å². The number of piperidine rings is 1. The molecule has 0 spiro atoms. The highest BCUT2D eigenvalue weighted by atomic mass is 19.1. The minimum atomic E-state index is -0.233. The second kappa shape index (κ2) is 6.88. The Morgan fingerprint density at radius 1 is 1.08 bits per heavy atom. The van der Waals surface area contributed by atoms with Crippen molar-refractivity contribution in [3.8, 4) is 11.3 Å². The van der Waals surface area contributed by atoms with E-state index in [4.69, 9.17) is 0 Å². The van der Waals surface area contributed by atoms with Gasteiger partial charge in [-0.25, -0.2) is 19.0 Å². The van der Waals surface area contributed by atoms with Crippen LogP contribution in [0.4, 0.5) is 4.39 Å². The molecular weight excluding hydrogens is 317 g/mol. The summed E-state index contributed by atoms with van der Waals surface area (Å²) in [6.45, 7) is 6.06. The average Bonchev–Trinajstić information content (AvgIpc) is 3.04. The van der Waals surface area contributed by atoms with Crippen LogP contribution >= 0.6 is 0 Å². The van der Waals surface area contributed by atoms with Crippen LogP contribution in [0.2, 0.25) is 0 Å². The maximum Gasteiger partial charge on any atom is 0.161 e. The minimum Gasteiger partial charge on any atom is -0.301 e. The van der Waals surface area contributed by atoms with Gasteiger partial charge < -0.3 is 4.90 Å². The number of hydrogen-bond donors (Lipinski definition) is 0. The fraction of sp³-hybridized carbons (Fsp3) is 0.421.